The summed E-state index contributed by atoms with van der Waals surface area (Å²) in [5.74, 6) is -1.54. The number of benzene rings is 1. The molecule has 0 saturated carbocycles. The van der Waals surface area contributed by atoms with Crippen molar-refractivity contribution in [3.63, 3.8) is 0 Å². The van der Waals surface area contributed by atoms with Crippen molar-refractivity contribution in [1.82, 2.24) is 14.8 Å². The van der Waals surface area contributed by atoms with Crippen molar-refractivity contribution in [1.29, 1.82) is 0 Å². The molecule has 4 rings (SSSR count). The van der Waals surface area contributed by atoms with Crippen molar-refractivity contribution >= 4 is 17.5 Å². The molecule has 2 aliphatic rings. The fraction of sp³-hybridized carbons (Fsp3) is 0.480. The molecule has 2 amide bonds. The van der Waals surface area contributed by atoms with Crippen LogP contribution in [0.4, 0.5) is 14.5 Å². The molecule has 2 saturated heterocycles. The Morgan fingerprint density at radius 3 is 2.68 bits per heavy atom. The molecule has 2 aliphatic heterocycles. The minimum Gasteiger partial charge on any atom is -0.368 e. The number of amides is 2. The molecular weight excluding hydrogens is 442 g/mol. The van der Waals surface area contributed by atoms with Gasteiger partial charge in [0.25, 0.3) is 11.8 Å². The van der Waals surface area contributed by atoms with E-state index in [2.05, 4.69) is 15.2 Å². The summed E-state index contributed by atoms with van der Waals surface area (Å²) in [6.07, 6.45) is 2.65. The number of carbonyl (C=O) groups is 2. The van der Waals surface area contributed by atoms with E-state index in [1.165, 1.54) is 25.3 Å². The van der Waals surface area contributed by atoms with Crippen LogP contribution < -0.4 is 5.32 Å². The molecule has 2 atom stereocenters. The monoisotopic (exact) mass is 472 g/mol. The fourth-order valence-corrected chi connectivity index (χ4v) is 4.56. The van der Waals surface area contributed by atoms with Gasteiger partial charge in [0, 0.05) is 50.7 Å². The van der Waals surface area contributed by atoms with Gasteiger partial charge in [0.15, 0.2) is 0 Å². The molecule has 0 spiro atoms. The highest BCUT2D eigenvalue weighted by atomic mass is 19.1. The summed E-state index contributed by atoms with van der Waals surface area (Å²) in [6, 6.07) is 3.86. The lowest BCUT2D eigenvalue weighted by Crippen LogP contribution is -2.55. The van der Waals surface area contributed by atoms with Gasteiger partial charge in [-0.15, -0.1) is 0 Å². The fourth-order valence-electron chi connectivity index (χ4n) is 4.56. The number of nitrogens with zero attached hydrogens (tertiary/aromatic N) is 3. The highest BCUT2D eigenvalue weighted by Gasteiger charge is 2.34. The van der Waals surface area contributed by atoms with Crippen LogP contribution in [0.15, 0.2) is 24.4 Å². The molecule has 7 nitrogen and oxygen atoms in total. The summed E-state index contributed by atoms with van der Waals surface area (Å²) < 4.78 is 33.8. The Kier molecular flexibility index (Phi) is 7.23. The summed E-state index contributed by atoms with van der Waals surface area (Å²) in [5, 5.41) is 2.68. The quantitative estimate of drug-likeness (QED) is 0.722. The normalized spacial score (nSPS) is 21.0. The molecule has 2 aromatic rings. The number of hydrogen-bond donors (Lipinski definition) is 1. The van der Waals surface area contributed by atoms with Crippen LogP contribution in [0, 0.1) is 25.5 Å². The predicted octanol–water partition coefficient (Wildman–Crippen LogP) is 3.44. The van der Waals surface area contributed by atoms with E-state index in [0.717, 1.165) is 30.0 Å². The largest absolute Gasteiger partial charge is 0.368 e. The first-order chi connectivity index (χ1) is 16.2. The van der Waals surface area contributed by atoms with Crippen LogP contribution in [0.1, 0.15) is 46.9 Å². The number of anilines is 1. The van der Waals surface area contributed by atoms with E-state index < -0.39 is 17.5 Å². The van der Waals surface area contributed by atoms with Crippen LogP contribution in [0.2, 0.25) is 0 Å². The average Bonchev–Trinajstić information content (AvgIpc) is 3.33. The lowest BCUT2D eigenvalue weighted by molar-refractivity contribution is -0.145. The number of aryl methyl sites for hydroxylation is 1. The first-order valence-corrected chi connectivity index (χ1v) is 11.6. The van der Waals surface area contributed by atoms with Crippen molar-refractivity contribution in [2.24, 2.45) is 0 Å². The molecule has 2 unspecified atom stereocenters. The zero-order valence-electron chi connectivity index (χ0n) is 19.7. The van der Waals surface area contributed by atoms with Crippen LogP contribution in [0.3, 0.4) is 0 Å². The van der Waals surface area contributed by atoms with E-state index in [1.54, 1.807) is 0 Å². The Balaban J connectivity index is 1.43. The van der Waals surface area contributed by atoms with Crippen LogP contribution in [-0.4, -0.2) is 65.0 Å². The number of hydrogen-bond acceptors (Lipinski definition) is 5. The van der Waals surface area contributed by atoms with E-state index in [1.807, 2.05) is 18.7 Å². The molecule has 1 aromatic heterocycles. The van der Waals surface area contributed by atoms with Crippen LogP contribution in [0.5, 0.6) is 0 Å². The van der Waals surface area contributed by atoms with Crippen molar-refractivity contribution in [3.8, 4) is 0 Å². The summed E-state index contributed by atoms with van der Waals surface area (Å²) in [4.78, 5) is 33.3. The molecule has 0 radical (unpaired) electrons. The second-order valence-electron chi connectivity index (χ2n) is 9.10. The molecule has 3 heterocycles. The number of carbonyl (C=O) groups excluding carboxylic acids is 2. The summed E-state index contributed by atoms with van der Waals surface area (Å²) in [6.45, 7) is 8.37. The zero-order valence-corrected chi connectivity index (χ0v) is 19.7. The molecular formula is C25H30F2N4O3. The van der Waals surface area contributed by atoms with Gasteiger partial charge in [-0.25, -0.2) is 8.78 Å². The lowest BCUT2D eigenvalue weighted by Gasteiger charge is -2.41. The zero-order chi connectivity index (χ0) is 24.4. The highest BCUT2D eigenvalue weighted by molar-refractivity contribution is 6.04. The maximum Gasteiger partial charge on any atom is 0.257 e. The SMILES string of the molecule is Cc1ncc(C(=O)Nc2cc(F)cc(CN3CCN(C(=O)C4CCCO4)C(C)C3)c2C)cc1F. The van der Waals surface area contributed by atoms with Gasteiger partial charge in [-0.2, -0.15) is 0 Å². The number of pyridine rings is 1. The topological polar surface area (TPSA) is 74.8 Å². The van der Waals surface area contributed by atoms with E-state index in [9.17, 15) is 18.4 Å². The maximum atomic E-state index is 14.4. The smallest absolute Gasteiger partial charge is 0.257 e. The van der Waals surface area contributed by atoms with Crippen LogP contribution in [-0.2, 0) is 16.1 Å². The van der Waals surface area contributed by atoms with Crippen molar-refractivity contribution in [2.75, 3.05) is 31.6 Å². The number of nitrogens with one attached hydrogen (secondary N) is 1. The lowest BCUT2D eigenvalue weighted by atomic mass is 10.0. The second-order valence-corrected chi connectivity index (χ2v) is 9.10. The van der Waals surface area contributed by atoms with E-state index in [0.29, 0.717) is 38.5 Å². The Hall–Kier alpha value is -2.91. The first kappa shape index (κ1) is 24.2. The van der Waals surface area contributed by atoms with Crippen molar-refractivity contribution < 1.29 is 23.1 Å². The minimum atomic E-state index is -0.574. The number of aromatic nitrogens is 1. The number of piperazine rings is 1. The van der Waals surface area contributed by atoms with E-state index in [4.69, 9.17) is 4.74 Å². The van der Waals surface area contributed by atoms with Gasteiger partial charge in [0.05, 0.1) is 11.3 Å². The molecule has 2 fully saturated rings. The first-order valence-electron chi connectivity index (χ1n) is 11.6. The van der Waals surface area contributed by atoms with Gasteiger partial charge in [0.1, 0.15) is 17.7 Å². The Labute approximate surface area is 198 Å². The average molecular weight is 473 g/mol. The molecule has 34 heavy (non-hydrogen) atoms. The second kappa shape index (κ2) is 10.1. The van der Waals surface area contributed by atoms with Crippen LogP contribution in [0.25, 0.3) is 0 Å². The molecule has 182 valence electrons. The van der Waals surface area contributed by atoms with Gasteiger partial charge in [-0.3, -0.25) is 19.5 Å². The molecule has 1 N–H and O–H groups in total. The van der Waals surface area contributed by atoms with Gasteiger partial charge >= 0.3 is 0 Å². The van der Waals surface area contributed by atoms with Gasteiger partial charge in [-0.1, -0.05) is 0 Å². The Bertz CT molecular complexity index is 1090. The molecule has 0 bridgehead atoms. The third-order valence-corrected chi connectivity index (χ3v) is 6.61. The third-order valence-electron chi connectivity index (χ3n) is 6.61. The number of halogens is 2. The summed E-state index contributed by atoms with van der Waals surface area (Å²) in [5.41, 5.74) is 2.08. The minimum absolute atomic E-state index is 0.0161. The Morgan fingerprint density at radius 1 is 1.21 bits per heavy atom. The highest BCUT2D eigenvalue weighted by Crippen LogP contribution is 2.25. The molecule has 9 heteroatoms. The van der Waals surface area contributed by atoms with Gasteiger partial charge in [0.2, 0.25) is 0 Å². The molecule has 0 aliphatic carbocycles. The molecule has 1 aromatic carbocycles. The Morgan fingerprint density at radius 2 is 2.00 bits per heavy atom. The van der Waals surface area contributed by atoms with E-state index in [-0.39, 0.29) is 29.3 Å². The third kappa shape index (κ3) is 5.26. The standard InChI is InChI=1S/C25H30F2N4O3/c1-15-13-30(6-7-31(15)25(33)23-5-4-8-34-23)14-19-9-20(26)11-22(16(19)2)29-24(32)18-10-21(27)17(3)28-12-18/h9-12,15,23H,4-8,13-14H2,1-3H3,(H,29,32). The van der Waals surface area contributed by atoms with Gasteiger partial charge in [-0.05, 0) is 62.9 Å². The van der Waals surface area contributed by atoms with Gasteiger partial charge < -0.3 is 15.0 Å². The number of rotatable bonds is 5. The summed E-state index contributed by atoms with van der Waals surface area (Å²) >= 11 is 0. The number of ether oxygens (including phenoxy) is 1. The van der Waals surface area contributed by atoms with Crippen LogP contribution >= 0.6 is 0 Å². The maximum absolute atomic E-state index is 14.4. The van der Waals surface area contributed by atoms with Crippen molar-refractivity contribution in [2.45, 2.75) is 52.3 Å². The summed E-state index contributed by atoms with van der Waals surface area (Å²) in [7, 11) is 0. The predicted molar refractivity (Wildman–Crippen MR) is 123 cm³/mol. The van der Waals surface area contributed by atoms with Crippen molar-refractivity contribution in [3.05, 3.63) is 58.4 Å². The van der Waals surface area contributed by atoms with E-state index >= 15 is 0 Å².